The Morgan fingerprint density at radius 3 is 2.68 bits per heavy atom. The van der Waals surface area contributed by atoms with Crippen molar-refractivity contribution in [2.24, 2.45) is 0 Å². The summed E-state index contributed by atoms with van der Waals surface area (Å²) in [4.78, 5) is 4.10. The van der Waals surface area contributed by atoms with Crippen LogP contribution in [0.5, 0.6) is 5.75 Å². The average Bonchev–Trinajstić information content (AvgIpc) is 2.45. The van der Waals surface area contributed by atoms with Crippen LogP contribution in [0, 0.1) is 0 Å². The van der Waals surface area contributed by atoms with Crippen molar-refractivity contribution in [1.29, 1.82) is 0 Å². The maximum Gasteiger partial charge on any atom is 0.125 e. The van der Waals surface area contributed by atoms with E-state index in [1.807, 2.05) is 18.2 Å². The normalized spacial score (nSPS) is 11.9. The number of anilines is 1. The Balaban J connectivity index is 1.72. The van der Waals surface area contributed by atoms with Crippen LogP contribution in [-0.4, -0.2) is 29.3 Å². The fourth-order valence-electron chi connectivity index (χ4n) is 1.47. The van der Waals surface area contributed by atoms with Gasteiger partial charge in [0.05, 0.1) is 0 Å². The first kappa shape index (κ1) is 13.6. The van der Waals surface area contributed by atoms with Gasteiger partial charge in [0, 0.05) is 17.8 Å². The molecule has 2 aromatic rings. The number of hydrogen-bond donors (Lipinski definition) is 2. The van der Waals surface area contributed by atoms with Crippen LogP contribution in [-0.2, 0) is 0 Å². The number of nitrogens with zero attached hydrogens (tertiary/aromatic N) is 1. The molecule has 0 saturated carbocycles. The minimum Gasteiger partial charge on any atom is -0.491 e. The standard InChI is InChI=1S/C14H15ClN2O2/c15-11-4-6-13(7-5-11)19-10-12(18)9-17-14-3-1-2-8-16-14/h1-8,12,18H,9-10H2,(H,16,17)/t12-/m1/s1. The maximum absolute atomic E-state index is 9.79. The van der Waals surface area contributed by atoms with E-state index in [1.54, 1.807) is 30.5 Å². The highest BCUT2D eigenvalue weighted by Gasteiger charge is 2.05. The predicted molar refractivity (Wildman–Crippen MR) is 75.7 cm³/mol. The molecule has 0 saturated heterocycles. The van der Waals surface area contributed by atoms with Gasteiger partial charge in [0.2, 0.25) is 0 Å². The number of benzene rings is 1. The molecule has 0 aliphatic carbocycles. The third-order valence-electron chi connectivity index (χ3n) is 2.44. The van der Waals surface area contributed by atoms with Gasteiger partial charge in [0.25, 0.3) is 0 Å². The molecule has 100 valence electrons. The van der Waals surface area contributed by atoms with E-state index in [1.165, 1.54) is 0 Å². The van der Waals surface area contributed by atoms with Crippen LogP contribution >= 0.6 is 11.6 Å². The largest absolute Gasteiger partial charge is 0.491 e. The Kier molecular flexibility index (Phi) is 5.01. The number of aliphatic hydroxyl groups is 1. The monoisotopic (exact) mass is 278 g/mol. The van der Waals surface area contributed by atoms with Gasteiger partial charge in [-0.1, -0.05) is 17.7 Å². The van der Waals surface area contributed by atoms with Gasteiger partial charge < -0.3 is 15.2 Å². The molecule has 4 nitrogen and oxygen atoms in total. The Morgan fingerprint density at radius 2 is 2.00 bits per heavy atom. The highest BCUT2D eigenvalue weighted by molar-refractivity contribution is 6.30. The second kappa shape index (κ2) is 6.97. The van der Waals surface area contributed by atoms with Crippen LogP contribution < -0.4 is 10.1 Å². The van der Waals surface area contributed by atoms with Crippen molar-refractivity contribution in [2.75, 3.05) is 18.5 Å². The zero-order valence-corrected chi connectivity index (χ0v) is 11.0. The summed E-state index contributed by atoms with van der Waals surface area (Å²) in [6, 6.07) is 12.6. The molecule has 0 spiro atoms. The molecule has 0 radical (unpaired) electrons. The maximum atomic E-state index is 9.79. The van der Waals surface area contributed by atoms with Crippen molar-refractivity contribution in [1.82, 2.24) is 4.98 Å². The minimum absolute atomic E-state index is 0.210. The Bertz CT molecular complexity index is 491. The van der Waals surface area contributed by atoms with Crippen LogP contribution in [0.3, 0.4) is 0 Å². The van der Waals surface area contributed by atoms with Crippen molar-refractivity contribution in [3.8, 4) is 5.75 Å². The predicted octanol–water partition coefficient (Wildman–Crippen LogP) is 2.59. The highest BCUT2D eigenvalue weighted by Crippen LogP contribution is 2.15. The summed E-state index contributed by atoms with van der Waals surface area (Å²) in [7, 11) is 0. The first-order chi connectivity index (χ1) is 9.24. The number of rotatable bonds is 6. The molecule has 0 unspecified atom stereocenters. The van der Waals surface area contributed by atoms with Crippen LogP contribution in [0.2, 0.25) is 5.02 Å². The van der Waals surface area contributed by atoms with E-state index in [4.69, 9.17) is 16.3 Å². The molecule has 1 aromatic heterocycles. The molecule has 2 N–H and O–H groups in total. The van der Waals surface area contributed by atoms with Gasteiger partial charge >= 0.3 is 0 Å². The molecule has 0 aliphatic heterocycles. The van der Waals surface area contributed by atoms with E-state index >= 15 is 0 Å². The van der Waals surface area contributed by atoms with Gasteiger partial charge in [-0.25, -0.2) is 4.98 Å². The Labute approximate surface area is 117 Å². The fraction of sp³-hybridized carbons (Fsp3) is 0.214. The summed E-state index contributed by atoms with van der Waals surface area (Å²) in [6.45, 7) is 0.589. The van der Waals surface area contributed by atoms with Gasteiger partial charge in [0.15, 0.2) is 0 Å². The Morgan fingerprint density at radius 1 is 1.21 bits per heavy atom. The number of aliphatic hydroxyl groups excluding tert-OH is 1. The summed E-state index contributed by atoms with van der Waals surface area (Å²) in [6.07, 6.45) is 1.08. The van der Waals surface area contributed by atoms with Crippen molar-refractivity contribution in [2.45, 2.75) is 6.10 Å². The number of aromatic nitrogens is 1. The molecule has 1 heterocycles. The molecule has 0 aliphatic rings. The first-order valence-electron chi connectivity index (χ1n) is 5.95. The van der Waals surface area contributed by atoms with Crippen molar-refractivity contribution < 1.29 is 9.84 Å². The van der Waals surface area contributed by atoms with Crippen molar-refractivity contribution in [3.05, 3.63) is 53.7 Å². The van der Waals surface area contributed by atoms with E-state index in [0.29, 0.717) is 17.3 Å². The van der Waals surface area contributed by atoms with Crippen LogP contribution in [0.25, 0.3) is 0 Å². The third-order valence-corrected chi connectivity index (χ3v) is 2.69. The second-order valence-corrected chi connectivity index (χ2v) is 4.45. The summed E-state index contributed by atoms with van der Waals surface area (Å²) in [5.74, 6) is 1.41. The van der Waals surface area contributed by atoms with Gasteiger partial charge in [-0.2, -0.15) is 0 Å². The molecule has 0 amide bonds. The lowest BCUT2D eigenvalue weighted by molar-refractivity contribution is 0.117. The summed E-state index contributed by atoms with van der Waals surface area (Å²) in [5.41, 5.74) is 0. The number of pyridine rings is 1. The van der Waals surface area contributed by atoms with Gasteiger partial charge in [-0.15, -0.1) is 0 Å². The van der Waals surface area contributed by atoms with E-state index in [2.05, 4.69) is 10.3 Å². The smallest absolute Gasteiger partial charge is 0.125 e. The SMILES string of the molecule is O[C@H](CNc1ccccn1)COc1ccc(Cl)cc1. The number of ether oxygens (including phenoxy) is 1. The average molecular weight is 279 g/mol. The number of nitrogens with one attached hydrogen (secondary N) is 1. The van der Waals surface area contributed by atoms with Crippen LogP contribution in [0.1, 0.15) is 0 Å². The van der Waals surface area contributed by atoms with Crippen LogP contribution in [0.4, 0.5) is 5.82 Å². The van der Waals surface area contributed by atoms with Gasteiger partial charge in [-0.05, 0) is 36.4 Å². The molecular formula is C14H15ClN2O2. The molecule has 0 bridgehead atoms. The number of halogens is 1. The first-order valence-corrected chi connectivity index (χ1v) is 6.33. The summed E-state index contributed by atoms with van der Waals surface area (Å²) in [5, 5.41) is 13.5. The van der Waals surface area contributed by atoms with E-state index in [9.17, 15) is 5.11 Å². The zero-order valence-electron chi connectivity index (χ0n) is 10.3. The molecule has 5 heteroatoms. The van der Waals surface area contributed by atoms with Gasteiger partial charge in [-0.3, -0.25) is 0 Å². The fourth-order valence-corrected chi connectivity index (χ4v) is 1.60. The highest BCUT2D eigenvalue weighted by atomic mass is 35.5. The number of hydrogen-bond acceptors (Lipinski definition) is 4. The molecule has 2 rings (SSSR count). The van der Waals surface area contributed by atoms with Crippen LogP contribution in [0.15, 0.2) is 48.7 Å². The molecule has 19 heavy (non-hydrogen) atoms. The van der Waals surface area contributed by atoms with E-state index in [0.717, 1.165) is 5.82 Å². The summed E-state index contributed by atoms with van der Waals surface area (Å²) < 4.78 is 5.44. The topological polar surface area (TPSA) is 54.4 Å². The minimum atomic E-state index is -0.613. The van der Waals surface area contributed by atoms with E-state index < -0.39 is 6.10 Å². The molecule has 1 aromatic carbocycles. The Hall–Kier alpha value is -1.78. The van der Waals surface area contributed by atoms with Crippen molar-refractivity contribution in [3.63, 3.8) is 0 Å². The van der Waals surface area contributed by atoms with Crippen molar-refractivity contribution >= 4 is 17.4 Å². The second-order valence-electron chi connectivity index (χ2n) is 4.01. The lowest BCUT2D eigenvalue weighted by atomic mass is 10.3. The third kappa shape index (κ3) is 4.77. The molecule has 0 fully saturated rings. The van der Waals surface area contributed by atoms with Gasteiger partial charge in [0.1, 0.15) is 24.3 Å². The summed E-state index contributed by atoms with van der Waals surface area (Å²) >= 11 is 5.77. The molecular weight excluding hydrogens is 264 g/mol. The lowest BCUT2D eigenvalue weighted by Crippen LogP contribution is -2.26. The molecule has 1 atom stereocenters. The lowest BCUT2D eigenvalue weighted by Gasteiger charge is -2.13. The zero-order chi connectivity index (χ0) is 13.5. The quantitative estimate of drug-likeness (QED) is 0.853. The van der Waals surface area contributed by atoms with E-state index in [-0.39, 0.29) is 6.61 Å².